The van der Waals surface area contributed by atoms with Crippen molar-refractivity contribution in [3.05, 3.63) is 0 Å². The van der Waals surface area contributed by atoms with Gasteiger partial charge in [-0.25, -0.2) is 0 Å². The summed E-state index contributed by atoms with van der Waals surface area (Å²) >= 11 is 0. The highest BCUT2D eigenvalue weighted by molar-refractivity contribution is 5.82. The Labute approximate surface area is 90.2 Å². The van der Waals surface area contributed by atoms with Crippen LogP contribution in [0.25, 0.3) is 0 Å². The van der Waals surface area contributed by atoms with E-state index in [9.17, 15) is 9.18 Å². The molecule has 1 atom stereocenters. The molecule has 1 saturated heterocycles. The zero-order chi connectivity index (χ0) is 11.1. The Hall–Kier alpha value is -0.680. The lowest BCUT2D eigenvalue weighted by molar-refractivity contribution is -0.127. The fourth-order valence-corrected chi connectivity index (χ4v) is 1.83. The van der Waals surface area contributed by atoms with Crippen molar-refractivity contribution in [3.63, 3.8) is 0 Å². The largest absolute Gasteiger partial charge is 0.355 e. The SMILES string of the molecule is CCNC(=O)C1CNCCN1CCCF. The minimum Gasteiger partial charge on any atom is -0.355 e. The number of carbonyl (C=O) groups excluding carboxylic acids is 1. The number of amides is 1. The van der Waals surface area contributed by atoms with Gasteiger partial charge in [0, 0.05) is 32.7 Å². The molecular weight excluding hydrogens is 197 g/mol. The number of halogens is 1. The van der Waals surface area contributed by atoms with Crippen molar-refractivity contribution in [3.8, 4) is 0 Å². The summed E-state index contributed by atoms with van der Waals surface area (Å²) in [5, 5.41) is 5.99. The monoisotopic (exact) mass is 217 g/mol. The summed E-state index contributed by atoms with van der Waals surface area (Å²) in [6, 6.07) is -0.134. The lowest BCUT2D eigenvalue weighted by Gasteiger charge is -2.34. The summed E-state index contributed by atoms with van der Waals surface area (Å²) < 4.78 is 12.1. The van der Waals surface area contributed by atoms with Gasteiger partial charge in [0.2, 0.25) is 5.91 Å². The summed E-state index contributed by atoms with van der Waals surface area (Å²) in [5.41, 5.74) is 0. The quantitative estimate of drug-likeness (QED) is 0.668. The molecule has 0 bridgehead atoms. The molecule has 0 aromatic carbocycles. The molecule has 0 aromatic rings. The van der Waals surface area contributed by atoms with Crippen molar-refractivity contribution >= 4 is 5.91 Å². The second-order valence-electron chi connectivity index (χ2n) is 3.69. The van der Waals surface area contributed by atoms with Gasteiger partial charge in [0.25, 0.3) is 0 Å². The van der Waals surface area contributed by atoms with Crippen molar-refractivity contribution in [2.24, 2.45) is 0 Å². The van der Waals surface area contributed by atoms with Crippen molar-refractivity contribution < 1.29 is 9.18 Å². The lowest BCUT2D eigenvalue weighted by atomic mass is 10.1. The highest BCUT2D eigenvalue weighted by Gasteiger charge is 2.27. The summed E-state index contributed by atoms with van der Waals surface area (Å²) in [7, 11) is 0. The number of likely N-dealkylation sites (N-methyl/N-ethyl adjacent to an activating group) is 1. The minimum absolute atomic E-state index is 0.0450. The van der Waals surface area contributed by atoms with Crippen LogP contribution in [-0.4, -0.2) is 56.2 Å². The molecule has 0 radical (unpaired) electrons. The van der Waals surface area contributed by atoms with Gasteiger partial charge in [0.1, 0.15) is 6.04 Å². The van der Waals surface area contributed by atoms with Crippen LogP contribution in [0.2, 0.25) is 0 Å². The molecule has 0 aromatic heterocycles. The fraction of sp³-hybridized carbons (Fsp3) is 0.900. The second-order valence-corrected chi connectivity index (χ2v) is 3.69. The smallest absolute Gasteiger partial charge is 0.238 e. The average Bonchev–Trinajstić information content (AvgIpc) is 2.27. The zero-order valence-corrected chi connectivity index (χ0v) is 9.26. The molecule has 5 heteroatoms. The Morgan fingerprint density at radius 1 is 1.67 bits per heavy atom. The molecule has 1 heterocycles. The molecule has 1 unspecified atom stereocenters. The van der Waals surface area contributed by atoms with Crippen LogP contribution >= 0.6 is 0 Å². The molecule has 0 spiro atoms. The van der Waals surface area contributed by atoms with E-state index in [4.69, 9.17) is 0 Å². The Kier molecular flexibility index (Phi) is 5.57. The topological polar surface area (TPSA) is 44.4 Å². The van der Waals surface area contributed by atoms with E-state index in [-0.39, 0.29) is 18.6 Å². The van der Waals surface area contributed by atoms with Crippen LogP contribution in [0.5, 0.6) is 0 Å². The number of carbonyl (C=O) groups is 1. The Morgan fingerprint density at radius 2 is 2.47 bits per heavy atom. The molecule has 1 aliphatic rings. The van der Waals surface area contributed by atoms with Gasteiger partial charge >= 0.3 is 0 Å². The molecule has 0 aliphatic carbocycles. The van der Waals surface area contributed by atoms with Gasteiger partial charge in [-0.2, -0.15) is 0 Å². The predicted molar refractivity (Wildman–Crippen MR) is 57.5 cm³/mol. The molecule has 0 saturated carbocycles. The first-order valence-electron chi connectivity index (χ1n) is 5.58. The van der Waals surface area contributed by atoms with E-state index < -0.39 is 0 Å². The summed E-state index contributed by atoms with van der Waals surface area (Å²) in [6.45, 7) is 5.26. The maximum absolute atomic E-state index is 12.1. The second kappa shape index (κ2) is 6.74. The minimum atomic E-state index is -0.313. The third-order valence-corrected chi connectivity index (χ3v) is 2.59. The van der Waals surface area contributed by atoms with Crippen LogP contribution < -0.4 is 10.6 Å². The van der Waals surface area contributed by atoms with Gasteiger partial charge in [-0.3, -0.25) is 14.1 Å². The van der Waals surface area contributed by atoms with E-state index >= 15 is 0 Å². The molecule has 1 aliphatic heterocycles. The van der Waals surface area contributed by atoms with Crippen molar-refractivity contribution in [2.45, 2.75) is 19.4 Å². The van der Waals surface area contributed by atoms with Crippen LogP contribution in [0.1, 0.15) is 13.3 Å². The fourth-order valence-electron chi connectivity index (χ4n) is 1.83. The Bertz CT molecular complexity index is 201. The third kappa shape index (κ3) is 3.76. The number of nitrogens with zero attached hydrogens (tertiary/aromatic N) is 1. The number of hydrogen-bond donors (Lipinski definition) is 2. The van der Waals surface area contributed by atoms with E-state index in [1.165, 1.54) is 0 Å². The van der Waals surface area contributed by atoms with Crippen LogP contribution in [0.3, 0.4) is 0 Å². The molecule has 15 heavy (non-hydrogen) atoms. The highest BCUT2D eigenvalue weighted by atomic mass is 19.1. The van der Waals surface area contributed by atoms with Gasteiger partial charge < -0.3 is 10.6 Å². The Balaban J connectivity index is 2.45. The van der Waals surface area contributed by atoms with Crippen LogP contribution in [0, 0.1) is 0 Å². The molecule has 88 valence electrons. The number of hydrogen-bond acceptors (Lipinski definition) is 3. The van der Waals surface area contributed by atoms with Gasteiger partial charge in [-0.15, -0.1) is 0 Å². The van der Waals surface area contributed by atoms with Gasteiger partial charge in [-0.05, 0) is 13.3 Å². The third-order valence-electron chi connectivity index (χ3n) is 2.59. The zero-order valence-electron chi connectivity index (χ0n) is 9.26. The van der Waals surface area contributed by atoms with Crippen molar-refractivity contribution in [1.82, 2.24) is 15.5 Å². The van der Waals surface area contributed by atoms with E-state index in [1.807, 2.05) is 6.92 Å². The lowest BCUT2D eigenvalue weighted by Crippen LogP contribution is -2.58. The predicted octanol–water partition coefficient (Wildman–Crippen LogP) is -0.244. The van der Waals surface area contributed by atoms with Crippen molar-refractivity contribution in [1.29, 1.82) is 0 Å². The molecule has 1 fully saturated rings. The summed E-state index contributed by atoms with van der Waals surface area (Å²) in [5.74, 6) is 0.0450. The van der Waals surface area contributed by atoms with Gasteiger partial charge in [0.05, 0.1) is 6.67 Å². The van der Waals surface area contributed by atoms with E-state index in [1.54, 1.807) is 0 Å². The number of rotatable bonds is 5. The average molecular weight is 217 g/mol. The maximum Gasteiger partial charge on any atom is 0.238 e. The Morgan fingerprint density at radius 3 is 3.13 bits per heavy atom. The molecule has 2 N–H and O–H groups in total. The maximum atomic E-state index is 12.1. The van der Waals surface area contributed by atoms with Crippen LogP contribution in [0.15, 0.2) is 0 Å². The highest BCUT2D eigenvalue weighted by Crippen LogP contribution is 2.04. The summed E-state index contributed by atoms with van der Waals surface area (Å²) in [4.78, 5) is 13.7. The van der Waals surface area contributed by atoms with Crippen LogP contribution in [-0.2, 0) is 4.79 Å². The number of piperazine rings is 1. The first kappa shape index (κ1) is 12.4. The number of nitrogens with one attached hydrogen (secondary N) is 2. The molecule has 4 nitrogen and oxygen atoms in total. The molecular formula is C10H20FN3O. The number of alkyl halides is 1. The molecule has 1 amide bonds. The first-order chi connectivity index (χ1) is 7.29. The van der Waals surface area contributed by atoms with Gasteiger partial charge in [0.15, 0.2) is 0 Å². The standard InChI is InChI=1S/C10H20FN3O/c1-2-13-10(15)9-8-12-5-7-14(9)6-3-4-11/h9,12H,2-8H2,1H3,(H,13,15). The van der Waals surface area contributed by atoms with Crippen molar-refractivity contribution in [2.75, 3.05) is 39.4 Å². The first-order valence-corrected chi connectivity index (χ1v) is 5.58. The van der Waals surface area contributed by atoms with E-state index in [2.05, 4.69) is 15.5 Å². The van der Waals surface area contributed by atoms with E-state index in [0.717, 1.165) is 13.1 Å². The van der Waals surface area contributed by atoms with Gasteiger partial charge in [-0.1, -0.05) is 0 Å². The van der Waals surface area contributed by atoms with E-state index in [0.29, 0.717) is 26.1 Å². The normalized spacial score (nSPS) is 22.7. The summed E-state index contributed by atoms with van der Waals surface area (Å²) in [6.07, 6.45) is 0.510. The van der Waals surface area contributed by atoms with Crippen LogP contribution in [0.4, 0.5) is 4.39 Å². The molecule has 1 rings (SSSR count).